The number of rotatable bonds is 6. The minimum atomic E-state index is -0.359. The molecule has 2 rings (SSSR count). The van der Waals surface area contributed by atoms with Crippen molar-refractivity contribution in [3.63, 3.8) is 0 Å². The lowest BCUT2D eigenvalue weighted by atomic mass is 10.2. The number of pyridine rings is 1. The Balaban J connectivity index is 1.70. The molecule has 0 atom stereocenters. The van der Waals surface area contributed by atoms with E-state index in [-0.39, 0.29) is 17.0 Å². The summed E-state index contributed by atoms with van der Waals surface area (Å²) in [6.45, 7) is 2.61. The number of hydrogen-bond acceptors (Lipinski definition) is 3. The van der Waals surface area contributed by atoms with Gasteiger partial charge in [0.1, 0.15) is 5.56 Å². The van der Waals surface area contributed by atoms with Gasteiger partial charge < -0.3 is 10.3 Å². The Hall–Kier alpha value is -2.01. The molecule has 0 fully saturated rings. The Morgan fingerprint density at radius 3 is 2.71 bits per heavy atom. The normalized spacial score (nSPS) is 10.3. The molecule has 0 aliphatic heterocycles. The lowest BCUT2D eigenvalue weighted by Gasteiger charge is -2.05. The fourth-order valence-corrected chi connectivity index (χ4v) is 2.63. The third-order valence-corrected chi connectivity index (χ3v) is 4.01. The van der Waals surface area contributed by atoms with Gasteiger partial charge in [0, 0.05) is 24.2 Å². The lowest BCUT2D eigenvalue weighted by Crippen LogP contribution is -2.30. The van der Waals surface area contributed by atoms with Gasteiger partial charge >= 0.3 is 0 Å². The van der Waals surface area contributed by atoms with Gasteiger partial charge in [-0.2, -0.15) is 11.8 Å². The van der Waals surface area contributed by atoms with Crippen LogP contribution in [0, 0.1) is 6.92 Å². The average molecular weight is 302 g/mol. The lowest BCUT2D eigenvalue weighted by molar-refractivity contribution is 0.0954. The zero-order valence-electron chi connectivity index (χ0n) is 11.9. The van der Waals surface area contributed by atoms with Crippen LogP contribution in [0.15, 0.2) is 47.4 Å². The minimum Gasteiger partial charge on any atom is -0.351 e. The highest BCUT2D eigenvalue weighted by Crippen LogP contribution is 2.12. The molecular weight excluding hydrogens is 284 g/mol. The molecule has 1 aromatic carbocycles. The van der Waals surface area contributed by atoms with Crippen molar-refractivity contribution in [1.29, 1.82) is 0 Å². The molecule has 2 N–H and O–H groups in total. The fraction of sp³-hybridized carbons (Fsp3) is 0.250. The predicted octanol–water partition coefficient (Wildman–Crippen LogP) is 2.35. The molecule has 0 saturated carbocycles. The highest BCUT2D eigenvalue weighted by atomic mass is 32.2. The van der Waals surface area contributed by atoms with Crippen LogP contribution >= 0.6 is 11.8 Å². The molecule has 4 nitrogen and oxygen atoms in total. The minimum absolute atomic E-state index is 0.154. The van der Waals surface area contributed by atoms with E-state index in [0.29, 0.717) is 6.54 Å². The number of amides is 1. The first-order valence-corrected chi connectivity index (χ1v) is 7.91. The van der Waals surface area contributed by atoms with Gasteiger partial charge in [0.05, 0.1) is 0 Å². The van der Waals surface area contributed by atoms with Crippen LogP contribution in [-0.2, 0) is 5.75 Å². The number of carbonyl (C=O) groups is 1. The van der Waals surface area contributed by atoms with Crippen LogP contribution in [0.2, 0.25) is 0 Å². The van der Waals surface area contributed by atoms with Crippen LogP contribution in [0.5, 0.6) is 0 Å². The number of hydrogen-bond donors (Lipinski definition) is 2. The van der Waals surface area contributed by atoms with E-state index in [9.17, 15) is 9.59 Å². The Bertz CT molecular complexity index is 650. The molecule has 2 aromatic rings. The van der Waals surface area contributed by atoms with Crippen LogP contribution in [0.1, 0.15) is 21.5 Å². The molecule has 0 aliphatic rings. The van der Waals surface area contributed by atoms with E-state index in [4.69, 9.17) is 0 Å². The highest BCUT2D eigenvalue weighted by molar-refractivity contribution is 7.98. The summed E-state index contributed by atoms with van der Waals surface area (Å²) < 4.78 is 0. The summed E-state index contributed by atoms with van der Waals surface area (Å²) in [5.41, 5.74) is 2.32. The Morgan fingerprint density at radius 1 is 1.24 bits per heavy atom. The maximum absolute atomic E-state index is 11.8. The van der Waals surface area contributed by atoms with E-state index in [1.54, 1.807) is 17.8 Å². The number of nitrogens with one attached hydrogen (secondary N) is 2. The molecule has 0 aliphatic carbocycles. The fourth-order valence-electron chi connectivity index (χ4n) is 1.81. The third-order valence-electron chi connectivity index (χ3n) is 2.98. The van der Waals surface area contributed by atoms with Gasteiger partial charge in [0.25, 0.3) is 11.5 Å². The summed E-state index contributed by atoms with van der Waals surface area (Å²) in [7, 11) is 0. The van der Waals surface area contributed by atoms with Crippen molar-refractivity contribution in [3.05, 3.63) is 69.6 Å². The Morgan fingerprint density at radius 2 is 2.00 bits per heavy atom. The first kappa shape index (κ1) is 15.4. The summed E-state index contributed by atoms with van der Waals surface area (Å²) in [6.07, 6.45) is 1.51. The molecule has 5 heteroatoms. The van der Waals surface area contributed by atoms with Crippen molar-refractivity contribution < 1.29 is 4.79 Å². The van der Waals surface area contributed by atoms with E-state index >= 15 is 0 Å². The van der Waals surface area contributed by atoms with Gasteiger partial charge in [-0.25, -0.2) is 0 Å². The number of benzene rings is 1. The van der Waals surface area contributed by atoms with E-state index in [2.05, 4.69) is 41.5 Å². The van der Waals surface area contributed by atoms with Crippen molar-refractivity contribution >= 4 is 17.7 Å². The molecule has 0 bridgehead atoms. The topological polar surface area (TPSA) is 62.0 Å². The third kappa shape index (κ3) is 4.79. The van der Waals surface area contributed by atoms with E-state index in [1.165, 1.54) is 23.4 Å². The molecular formula is C16H18N2O2S. The monoisotopic (exact) mass is 302 g/mol. The number of aromatic nitrogens is 1. The number of H-pyrrole nitrogens is 1. The van der Waals surface area contributed by atoms with Gasteiger partial charge in [-0.1, -0.05) is 29.8 Å². The first-order chi connectivity index (χ1) is 10.2. The van der Waals surface area contributed by atoms with Crippen LogP contribution in [0.4, 0.5) is 0 Å². The Labute approximate surface area is 128 Å². The summed E-state index contributed by atoms with van der Waals surface area (Å²) in [5.74, 6) is 1.40. The highest BCUT2D eigenvalue weighted by Gasteiger charge is 2.08. The molecule has 0 radical (unpaired) electrons. The molecule has 0 unspecified atom stereocenters. The van der Waals surface area contributed by atoms with E-state index in [0.717, 1.165) is 11.5 Å². The second-order valence-corrected chi connectivity index (χ2v) is 5.81. The van der Waals surface area contributed by atoms with Gasteiger partial charge in [-0.15, -0.1) is 0 Å². The maximum atomic E-state index is 11.8. The number of carbonyl (C=O) groups excluding carboxylic acids is 1. The second kappa shape index (κ2) is 7.69. The van der Waals surface area contributed by atoms with Crippen molar-refractivity contribution in [2.75, 3.05) is 12.3 Å². The zero-order chi connectivity index (χ0) is 15.1. The summed E-state index contributed by atoms with van der Waals surface area (Å²) in [5, 5.41) is 2.76. The SMILES string of the molecule is Cc1ccc(CSCCNC(=O)c2ccc[nH]c2=O)cc1. The summed E-state index contributed by atoms with van der Waals surface area (Å²) >= 11 is 1.75. The van der Waals surface area contributed by atoms with E-state index < -0.39 is 0 Å². The van der Waals surface area contributed by atoms with Crippen LogP contribution in [0.3, 0.4) is 0 Å². The first-order valence-electron chi connectivity index (χ1n) is 6.76. The molecule has 1 aromatic heterocycles. The van der Waals surface area contributed by atoms with Crippen molar-refractivity contribution in [3.8, 4) is 0 Å². The van der Waals surface area contributed by atoms with Crippen LogP contribution in [0.25, 0.3) is 0 Å². The predicted molar refractivity (Wildman–Crippen MR) is 86.7 cm³/mol. The van der Waals surface area contributed by atoms with Crippen molar-refractivity contribution in [2.45, 2.75) is 12.7 Å². The second-order valence-electron chi connectivity index (χ2n) is 4.71. The molecule has 1 amide bonds. The standard InChI is InChI=1S/C16H18N2O2S/c1-12-4-6-13(7-5-12)11-21-10-9-18-16(20)14-3-2-8-17-15(14)19/h2-8H,9-11H2,1H3,(H,17,19)(H,18,20). The molecule has 110 valence electrons. The maximum Gasteiger partial charge on any atom is 0.260 e. The molecule has 0 spiro atoms. The smallest absolute Gasteiger partial charge is 0.260 e. The average Bonchev–Trinajstić information content (AvgIpc) is 2.49. The van der Waals surface area contributed by atoms with Gasteiger partial charge in [0.15, 0.2) is 0 Å². The summed E-state index contributed by atoms with van der Waals surface area (Å²) in [4.78, 5) is 25.7. The van der Waals surface area contributed by atoms with Crippen LogP contribution in [-0.4, -0.2) is 23.2 Å². The molecule has 21 heavy (non-hydrogen) atoms. The number of thioether (sulfide) groups is 1. The van der Waals surface area contributed by atoms with Gasteiger partial charge in [-0.3, -0.25) is 9.59 Å². The van der Waals surface area contributed by atoms with Crippen molar-refractivity contribution in [1.82, 2.24) is 10.3 Å². The number of aryl methyl sites for hydroxylation is 1. The van der Waals surface area contributed by atoms with Crippen molar-refractivity contribution in [2.24, 2.45) is 0 Å². The Kier molecular flexibility index (Phi) is 5.63. The largest absolute Gasteiger partial charge is 0.351 e. The van der Waals surface area contributed by atoms with Gasteiger partial charge in [0.2, 0.25) is 0 Å². The van der Waals surface area contributed by atoms with E-state index in [1.807, 2.05) is 0 Å². The number of aromatic amines is 1. The molecule has 1 heterocycles. The summed E-state index contributed by atoms with van der Waals surface area (Å²) in [6, 6.07) is 11.6. The van der Waals surface area contributed by atoms with Crippen LogP contribution < -0.4 is 10.9 Å². The molecule has 0 saturated heterocycles. The zero-order valence-corrected chi connectivity index (χ0v) is 12.7. The quantitative estimate of drug-likeness (QED) is 0.805. The van der Waals surface area contributed by atoms with Gasteiger partial charge in [-0.05, 0) is 24.6 Å².